The minimum absolute atomic E-state index is 0.000137. The molecule has 0 aliphatic rings. The van der Waals surface area contributed by atoms with Gasteiger partial charge in [0.15, 0.2) is 10.8 Å². The molecule has 0 saturated carbocycles. The molecular weight excluding hydrogens is 386 g/mol. The Hall–Kier alpha value is -2.84. The Kier molecular flexibility index (Phi) is 5.78. The van der Waals surface area contributed by atoms with Crippen LogP contribution in [0.1, 0.15) is 34.7 Å². The molecule has 0 saturated heterocycles. The van der Waals surface area contributed by atoms with Gasteiger partial charge in [0.1, 0.15) is 5.69 Å². The number of halogens is 1. The Labute approximate surface area is 164 Å². The summed E-state index contributed by atoms with van der Waals surface area (Å²) in [5.74, 6) is -0.224. The fourth-order valence-corrected chi connectivity index (χ4v) is 3.09. The second-order valence-corrected chi connectivity index (χ2v) is 7.15. The highest BCUT2D eigenvalue weighted by Gasteiger charge is 2.16. The molecule has 0 aliphatic carbocycles. The van der Waals surface area contributed by atoms with Gasteiger partial charge in [-0.3, -0.25) is 9.59 Å². The predicted octanol–water partition coefficient (Wildman–Crippen LogP) is 3.64. The highest BCUT2D eigenvalue weighted by molar-refractivity contribution is 7.13. The standard InChI is InChI=1S/C18H16ClN5O2S/c1-10(2)22-16(25)11-4-5-12(19)13(8-11)23-17(26)14-9-27-18(24-14)15-20-6-3-7-21-15/h3-10H,1-2H3,(H,22,25)(H,23,26). The summed E-state index contributed by atoms with van der Waals surface area (Å²) < 4.78 is 0. The van der Waals surface area contributed by atoms with Crippen molar-refractivity contribution in [1.29, 1.82) is 0 Å². The molecule has 0 atom stereocenters. The highest BCUT2D eigenvalue weighted by Crippen LogP contribution is 2.25. The van der Waals surface area contributed by atoms with Crippen LogP contribution < -0.4 is 10.6 Å². The molecule has 27 heavy (non-hydrogen) atoms. The Morgan fingerprint density at radius 2 is 1.89 bits per heavy atom. The molecule has 0 fully saturated rings. The zero-order valence-electron chi connectivity index (χ0n) is 14.6. The molecule has 9 heteroatoms. The number of carbonyl (C=O) groups excluding carboxylic acids is 2. The Balaban J connectivity index is 1.78. The minimum Gasteiger partial charge on any atom is -0.350 e. The molecule has 3 rings (SSSR count). The lowest BCUT2D eigenvalue weighted by Crippen LogP contribution is -2.30. The number of thiazole rings is 1. The Bertz CT molecular complexity index is 975. The van der Waals surface area contributed by atoms with E-state index in [1.807, 2.05) is 13.8 Å². The summed E-state index contributed by atoms with van der Waals surface area (Å²) in [6.45, 7) is 3.74. The fraction of sp³-hybridized carbons (Fsp3) is 0.167. The third-order valence-corrected chi connectivity index (χ3v) is 4.56. The van der Waals surface area contributed by atoms with E-state index in [1.165, 1.54) is 17.4 Å². The van der Waals surface area contributed by atoms with E-state index in [9.17, 15) is 9.59 Å². The summed E-state index contributed by atoms with van der Waals surface area (Å²) in [6, 6.07) is 6.40. The molecule has 1 aromatic carbocycles. The van der Waals surface area contributed by atoms with E-state index in [1.54, 1.807) is 36.0 Å². The summed E-state index contributed by atoms with van der Waals surface area (Å²) >= 11 is 7.42. The van der Waals surface area contributed by atoms with Crippen LogP contribution in [0.2, 0.25) is 5.02 Å². The minimum atomic E-state index is -0.434. The SMILES string of the molecule is CC(C)NC(=O)c1ccc(Cl)c(NC(=O)c2csc(-c3ncccn3)n2)c1. The van der Waals surface area contributed by atoms with Gasteiger partial charge in [-0.15, -0.1) is 11.3 Å². The van der Waals surface area contributed by atoms with E-state index in [2.05, 4.69) is 25.6 Å². The van der Waals surface area contributed by atoms with E-state index in [0.29, 0.717) is 27.1 Å². The van der Waals surface area contributed by atoms with Crippen LogP contribution in [-0.2, 0) is 0 Å². The number of aromatic nitrogens is 3. The van der Waals surface area contributed by atoms with Gasteiger partial charge in [0.2, 0.25) is 0 Å². The first-order chi connectivity index (χ1) is 12.9. The number of nitrogens with one attached hydrogen (secondary N) is 2. The van der Waals surface area contributed by atoms with Crippen LogP contribution in [0.4, 0.5) is 5.69 Å². The van der Waals surface area contributed by atoms with Crippen molar-refractivity contribution in [3.8, 4) is 10.8 Å². The highest BCUT2D eigenvalue weighted by atomic mass is 35.5. The van der Waals surface area contributed by atoms with Crippen LogP contribution in [0.15, 0.2) is 42.0 Å². The van der Waals surface area contributed by atoms with Gasteiger partial charge in [0.25, 0.3) is 11.8 Å². The third kappa shape index (κ3) is 4.66. The molecule has 0 aliphatic heterocycles. The van der Waals surface area contributed by atoms with Crippen LogP contribution in [0.3, 0.4) is 0 Å². The quantitative estimate of drug-likeness (QED) is 0.680. The van der Waals surface area contributed by atoms with E-state index < -0.39 is 5.91 Å². The molecule has 2 heterocycles. The molecule has 7 nitrogen and oxygen atoms in total. The number of benzene rings is 1. The number of rotatable bonds is 5. The molecule has 2 aromatic heterocycles. The summed E-state index contributed by atoms with van der Waals surface area (Å²) in [5.41, 5.74) is 0.958. The van der Waals surface area contributed by atoms with E-state index in [4.69, 9.17) is 11.6 Å². The van der Waals surface area contributed by atoms with Gasteiger partial charge in [-0.1, -0.05) is 11.6 Å². The zero-order valence-corrected chi connectivity index (χ0v) is 16.1. The average Bonchev–Trinajstić information content (AvgIpc) is 3.14. The van der Waals surface area contributed by atoms with Gasteiger partial charge < -0.3 is 10.6 Å². The van der Waals surface area contributed by atoms with Crippen LogP contribution >= 0.6 is 22.9 Å². The number of carbonyl (C=O) groups is 2. The molecule has 2 N–H and O–H groups in total. The lowest BCUT2D eigenvalue weighted by atomic mass is 10.1. The maximum absolute atomic E-state index is 12.5. The van der Waals surface area contributed by atoms with Crippen molar-refractivity contribution >= 4 is 40.4 Å². The van der Waals surface area contributed by atoms with E-state index in [0.717, 1.165) is 0 Å². The maximum Gasteiger partial charge on any atom is 0.275 e. The third-order valence-electron chi connectivity index (χ3n) is 3.39. The number of nitrogens with zero attached hydrogens (tertiary/aromatic N) is 3. The first-order valence-electron chi connectivity index (χ1n) is 8.08. The Morgan fingerprint density at radius 3 is 2.59 bits per heavy atom. The zero-order chi connectivity index (χ0) is 19.4. The number of hydrogen-bond acceptors (Lipinski definition) is 6. The van der Waals surface area contributed by atoms with Crippen LogP contribution in [0.5, 0.6) is 0 Å². The van der Waals surface area contributed by atoms with Gasteiger partial charge in [-0.2, -0.15) is 0 Å². The smallest absolute Gasteiger partial charge is 0.275 e. The fourth-order valence-electron chi connectivity index (χ4n) is 2.18. The van der Waals surface area contributed by atoms with Gasteiger partial charge in [-0.25, -0.2) is 15.0 Å². The average molecular weight is 402 g/mol. The van der Waals surface area contributed by atoms with Crippen LogP contribution in [-0.4, -0.2) is 32.8 Å². The van der Waals surface area contributed by atoms with E-state index in [-0.39, 0.29) is 17.6 Å². The number of hydrogen-bond donors (Lipinski definition) is 2. The van der Waals surface area contributed by atoms with Crippen LogP contribution in [0, 0.1) is 0 Å². The molecule has 0 spiro atoms. The monoisotopic (exact) mass is 401 g/mol. The van der Waals surface area contributed by atoms with Crippen molar-refractivity contribution in [3.63, 3.8) is 0 Å². The van der Waals surface area contributed by atoms with Crippen molar-refractivity contribution < 1.29 is 9.59 Å². The lowest BCUT2D eigenvalue weighted by molar-refractivity contribution is 0.0941. The first kappa shape index (κ1) is 18.9. The summed E-state index contributed by atoms with van der Waals surface area (Å²) in [5, 5.41) is 7.96. The normalized spacial score (nSPS) is 10.7. The van der Waals surface area contributed by atoms with E-state index >= 15 is 0 Å². The van der Waals surface area contributed by atoms with Crippen molar-refractivity contribution in [2.75, 3.05) is 5.32 Å². The van der Waals surface area contributed by atoms with Gasteiger partial charge in [-0.05, 0) is 38.1 Å². The van der Waals surface area contributed by atoms with Gasteiger partial charge >= 0.3 is 0 Å². The molecule has 0 radical (unpaired) electrons. The lowest BCUT2D eigenvalue weighted by Gasteiger charge is -2.11. The summed E-state index contributed by atoms with van der Waals surface area (Å²) in [6.07, 6.45) is 3.22. The van der Waals surface area contributed by atoms with Gasteiger partial charge in [0.05, 0.1) is 10.7 Å². The maximum atomic E-state index is 12.5. The molecule has 2 amide bonds. The molecule has 0 bridgehead atoms. The molecular formula is C18H16ClN5O2S. The molecule has 0 unspecified atom stereocenters. The predicted molar refractivity (Wildman–Crippen MR) is 105 cm³/mol. The second-order valence-electron chi connectivity index (χ2n) is 5.89. The molecule has 3 aromatic rings. The van der Waals surface area contributed by atoms with Crippen molar-refractivity contribution in [2.45, 2.75) is 19.9 Å². The summed E-state index contributed by atoms with van der Waals surface area (Å²) in [7, 11) is 0. The first-order valence-corrected chi connectivity index (χ1v) is 9.34. The largest absolute Gasteiger partial charge is 0.350 e. The van der Waals surface area contributed by atoms with Crippen molar-refractivity contribution in [2.24, 2.45) is 0 Å². The molecule has 138 valence electrons. The second kappa shape index (κ2) is 8.24. The van der Waals surface area contributed by atoms with Gasteiger partial charge in [0, 0.05) is 29.4 Å². The number of anilines is 1. The Morgan fingerprint density at radius 1 is 1.15 bits per heavy atom. The van der Waals surface area contributed by atoms with Crippen molar-refractivity contribution in [3.05, 3.63) is 58.3 Å². The van der Waals surface area contributed by atoms with Crippen molar-refractivity contribution in [1.82, 2.24) is 20.3 Å². The van der Waals surface area contributed by atoms with Crippen LogP contribution in [0.25, 0.3) is 10.8 Å². The number of amides is 2. The topological polar surface area (TPSA) is 96.9 Å². The summed E-state index contributed by atoms with van der Waals surface area (Å²) in [4.78, 5) is 37.1.